The number of para-hydroxylation sites is 2. The van der Waals surface area contributed by atoms with E-state index >= 15 is 0 Å². The molecule has 0 saturated heterocycles. The number of ether oxygens (including phenoxy) is 1. The van der Waals surface area contributed by atoms with Crippen LogP contribution in [0.25, 0.3) is 0 Å². The molecular formula is C29H29NO4. The van der Waals surface area contributed by atoms with Crippen LogP contribution in [0.1, 0.15) is 27.8 Å². The van der Waals surface area contributed by atoms with Crippen LogP contribution in [0.5, 0.6) is 28.7 Å². The summed E-state index contributed by atoms with van der Waals surface area (Å²) in [5.41, 5.74) is 6.28. The van der Waals surface area contributed by atoms with Gasteiger partial charge in [0, 0.05) is 6.07 Å². The summed E-state index contributed by atoms with van der Waals surface area (Å²) in [6, 6.07) is 19.7. The molecule has 4 aromatic rings. The van der Waals surface area contributed by atoms with Crippen molar-refractivity contribution in [3.63, 3.8) is 0 Å². The second-order valence-electron chi connectivity index (χ2n) is 8.60. The molecule has 0 aliphatic rings. The molecule has 0 radical (unpaired) electrons. The molecule has 5 nitrogen and oxygen atoms in total. The summed E-state index contributed by atoms with van der Waals surface area (Å²) in [6.45, 7) is 9.68. The standard InChI is InChI=1S/C29H29NO4/c1-17-11-14-24(31)28(20(17)4)30(29-21(5)18(2)12-15-25(29)32)23-8-6-7-9-27(23)34-22-13-10-19(3)26(33)16-22/h6-16,31-33H,1-5H3. The Morgan fingerprint density at radius 2 is 1.12 bits per heavy atom. The SMILES string of the molecule is Cc1ccc(Oc2ccccc2N(c2c(O)ccc(C)c2C)c2c(O)ccc(C)c2C)cc1O. The van der Waals surface area contributed by atoms with Gasteiger partial charge in [0.25, 0.3) is 0 Å². The Morgan fingerprint density at radius 3 is 1.68 bits per heavy atom. The quantitative estimate of drug-likeness (QED) is 0.289. The highest BCUT2D eigenvalue weighted by Crippen LogP contribution is 2.50. The van der Waals surface area contributed by atoms with E-state index in [1.807, 2.05) is 75.9 Å². The zero-order valence-corrected chi connectivity index (χ0v) is 20.0. The largest absolute Gasteiger partial charge is 0.508 e. The molecule has 5 heteroatoms. The average Bonchev–Trinajstić information content (AvgIpc) is 2.81. The van der Waals surface area contributed by atoms with E-state index in [9.17, 15) is 15.3 Å². The van der Waals surface area contributed by atoms with Gasteiger partial charge in [-0.15, -0.1) is 0 Å². The van der Waals surface area contributed by atoms with Gasteiger partial charge in [0.15, 0.2) is 5.75 Å². The Morgan fingerprint density at radius 1 is 0.588 bits per heavy atom. The van der Waals surface area contributed by atoms with Gasteiger partial charge >= 0.3 is 0 Å². The minimum Gasteiger partial charge on any atom is -0.508 e. The first-order valence-electron chi connectivity index (χ1n) is 11.1. The Kier molecular flexibility index (Phi) is 6.12. The highest BCUT2D eigenvalue weighted by atomic mass is 16.5. The van der Waals surface area contributed by atoms with Gasteiger partial charge < -0.3 is 20.1 Å². The lowest BCUT2D eigenvalue weighted by atomic mass is 10.0. The summed E-state index contributed by atoms with van der Waals surface area (Å²) < 4.78 is 6.22. The fraction of sp³-hybridized carbons (Fsp3) is 0.172. The highest BCUT2D eigenvalue weighted by Gasteiger charge is 2.26. The second-order valence-corrected chi connectivity index (χ2v) is 8.60. The molecule has 0 unspecified atom stereocenters. The number of rotatable bonds is 5. The predicted octanol–water partition coefficient (Wildman–Crippen LogP) is 7.61. The number of hydrogen-bond acceptors (Lipinski definition) is 5. The molecule has 0 spiro atoms. The maximum Gasteiger partial charge on any atom is 0.151 e. The van der Waals surface area contributed by atoms with Gasteiger partial charge in [-0.25, -0.2) is 0 Å². The number of phenolic OH excluding ortho intramolecular Hbond substituents is 3. The molecule has 34 heavy (non-hydrogen) atoms. The van der Waals surface area contributed by atoms with Crippen LogP contribution in [0.2, 0.25) is 0 Å². The highest BCUT2D eigenvalue weighted by molar-refractivity contribution is 5.89. The molecule has 4 rings (SSSR count). The number of phenols is 3. The van der Waals surface area contributed by atoms with Crippen LogP contribution in [0.3, 0.4) is 0 Å². The number of hydrogen-bond donors (Lipinski definition) is 3. The van der Waals surface area contributed by atoms with Crippen molar-refractivity contribution in [2.45, 2.75) is 34.6 Å². The maximum atomic E-state index is 11.0. The molecule has 174 valence electrons. The Bertz CT molecular complexity index is 1320. The minimum atomic E-state index is 0.0891. The molecular weight excluding hydrogens is 426 g/mol. The number of nitrogens with zero attached hydrogens (tertiary/aromatic N) is 1. The predicted molar refractivity (Wildman–Crippen MR) is 136 cm³/mol. The number of anilines is 3. The molecule has 0 bridgehead atoms. The van der Waals surface area contributed by atoms with Gasteiger partial charge in [0.2, 0.25) is 0 Å². The second kappa shape index (κ2) is 9.02. The monoisotopic (exact) mass is 455 g/mol. The summed E-state index contributed by atoms with van der Waals surface area (Å²) in [5.74, 6) is 1.31. The molecule has 0 aliphatic carbocycles. The van der Waals surface area contributed by atoms with Gasteiger partial charge in [0.1, 0.15) is 23.0 Å². The van der Waals surface area contributed by atoms with E-state index < -0.39 is 0 Å². The van der Waals surface area contributed by atoms with Crippen molar-refractivity contribution in [3.05, 3.63) is 94.5 Å². The van der Waals surface area contributed by atoms with E-state index in [1.54, 1.807) is 30.3 Å². The topological polar surface area (TPSA) is 73.2 Å². The smallest absolute Gasteiger partial charge is 0.151 e. The van der Waals surface area contributed by atoms with Crippen molar-refractivity contribution in [1.29, 1.82) is 0 Å². The van der Waals surface area contributed by atoms with Crippen LogP contribution in [0, 0.1) is 34.6 Å². The van der Waals surface area contributed by atoms with E-state index in [4.69, 9.17) is 4.74 Å². The van der Waals surface area contributed by atoms with Crippen LogP contribution in [-0.4, -0.2) is 15.3 Å². The van der Waals surface area contributed by atoms with Crippen molar-refractivity contribution < 1.29 is 20.1 Å². The average molecular weight is 456 g/mol. The number of aryl methyl sites for hydroxylation is 3. The first-order valence-corrected chi connectivity index (χ1v) is 11.1. The van der Waals surface area contributed by atoms with Gasteiger partial charge in [-0.2, -0.15) is 0 Å². The molecule has 0 aliphatic heterocycles. The third-order valence-corrected chi connectivity index (χ3v) is 6.32. The van der Waals surface area contributed by atoms with Crippen LogP contribution in [0.15, 0.2) is 66.7 Å². The normalized spacial score (nSPS) is 10.9. The number of aromatic hydroxyl groups is 3. The first kappa shape index (κ1) is 23.1. The van der Waals surface area contributed by atoms with Crippen LogP contribution >= 0.6 is 0 Å². The van der Waals surface area contributed by atoms with Crippen molar-refractivity contribution in [3.8, 4) is 28.7 Å². The van der Waals surface area contributed by atoms with Crippen LogP contribution in [0.4, 0.5) is 17.1 Å². The van der Waals surface area contributed by atoms with E-state index in [-0.39, 0.29) is 17.2 Å². The lowest BCUT2D eigenvalue weighted by molar-refractivity contribution is 0.452. The Hall–Kier alpha value is -4.12. The summed E-state index contributed by atoms with van der Waals surface area (Å²) in [7, 11) is 0. The Labute approximate surface area is 200 Å². The van der Waals surface area contributed by atoms with Gasteiger partial charge in [-0.1, -0.05) is 30.3 Å². The van der Waals surface area contributed by atoms with Crippen molar-refractivity contribution in [2.24, 2.45) is 0 Å². The lowest BCUT2D eigenvalue weighted by Crippen LogP contribution is -2.15. The third kappa shape index (κ3) is 4.13. The zero-order chi connectivity index (χ0) is 24.6. The van der Waals surface area contributed by atoms with Gasteiger partial charge in [-0.05, 0) is 92.8 Å². The van der Waals surface area contributed by atoms with Gasteiger partial charge in [-0.3, -0.25) is 4.90 Å². The van der Waals surface area contributed by atoms with Gasteiger partial charge in [0.05, 0.1) is 17.1 Å². The van der Waals surface area contributed by atoms with Crippen LogP contribution < -0.4 is 9.64 Å². The number of benzene rings is 4. The molecule has 0 amide bonds. The fourth-order valence-corrected chi connectivity index (χ4v) is 4.00. The van der Waals surface area contributed by atoms with E-state index in [0.717, 1.165) is 27.8 Å². The van der Waals surface area contributed by atoms with Crippen molar-refractivity contribution >= 4 is 17.1 Å². The molecule has 3 N–H and O–H groups in total. The molecule has 0 aromatic heterocycles. The van der Waals surface area contributed by atoms with E-state index in [1.165, 1.54) is 0 Å². The molecule has 0 atom stereocenters. The molecule has 0 saturated carbocycles. The summed E-state index contributed by atoms with van der Waals surface area (Å²) in [4.78, 5) is 1.85. The maximum absolute atomic E-state index is 11.0. The molecule has 4 aromatic carbocycles. The van der Waals surface area contributed by atoms with Crippen molar-refractivity contribution in [2.75, 3.05) is 4.90 Å². The minimum absolute atomic E-state index is 0.0891. The van der Waals surface area contributed by atoms with Crippen molar-refractivity contribution in [1.82, 2.24) is 0 Å². The molecule has 0 heterocycles. The fourth-order valence-electron chi connectivity index (χ4n) is 4.00. The lowest BCUT2D eigenvalue weighted by Gasteiger charge is -2.31. The summed E-state index contributed by atoms with van der Waals surface area (Å²) >= 11 is 0. The third-order valence-electron chi connectivity index (χ3n) is 6.32. The Balaban J connectivity index is 2.00. The summed E-state index contributed by atoms with van der Waals surface area (Å²) in [6.07, 6.45) is 0. The van der Waals surface area contributed by atoms with E-state index in [0.29, 0.717) is 28.6 Å². The zero-order valence-electron chi connectivity index (χ0n) is 20.0. The molecule has 0 fully saturated rings. The van der Waals surface area contributed by atoms with E-state index in [2.05, 4.69) is 0 Å². The van der Waals surface area contributed by atoms with Crippen LogP contribution in [-0.2, 0) is 0 Å². The summed E-state index contributed by atoms with van der Waals surface area (Å²) in [5, 5.41) is 32.2. The first-order chi connectivity index (χ1) is 16.2.